The third-order valence-electron chi connectivity index (χ3n) is 3.76. The van der Waals surface area contributed by atoms with Crippen molar-refractivity contribution in [2.75, 3.05) is 39.4 Å². The summed E-state index contributed by atoms with van der Waals surface area (Å²) in [4.78, 5) is 2.54. The Morgan fingerprint density at radius 3 is 2.87 bits per heavy atom. The number of ether oxygens (including phenoxy) is 1. The van der Waals surface area contributed by atoms with Gasteiger partial charge in [0.05, 0.1) is 13.2 Å². The molecular weight excluding hydrogens is 188 g/mol. The second-order valence-corrected chi connectivity index (χ2v) is 4.86. The lowest BCUT2D eigenvalue weighted by atomic mass is 9.90. The van der Waals surface area contributed by atoms with Crippen LogP contribution in [0.2, 0.25) is 0 Å². The van der Waals surface area contributed by atoms with Crippen LogP contribution in [0.25, 0.3) is 0 Å². The summed E-state index contributed by atoms with van der Waals surface area (Å²) in [6, 6.07) is 0.724. The van der Waals surface area contributed by atoms with Crippen molar-refractivity contribution >= 4 is 0 Å². The summed E-state index contributed by atoms with van der Waals surface area (Å²) >= 11 is 0. The summed E-state index contributed by atoms with van der Waals surface area (Å²) in [5.41, 5.74) is 0. The van der Waals surface area contributed by atoms with Crippen LogP contribution >= 0.6 is 0 Å². The zero-order valence-electron chi connectivity index (χ0n) is 9.87. The van der Waals surface area contributed by atoms with E-state index in [1.54, 1.807) is 0 Å². The Kier molecular flexibility index (Phi) is 4.42. The molecule has 3 heteroatoms. The van der Waals surface area contributed by atoms with Gasteiger partial charge in [-0.1, -0.05) is 13.3 Å². The van der Waals surface area contributed by atoms with Crippen LogP contribution in [0.4, 0.5) is 0 Å². The predicted molar refractivity (Wildman–Crippen MR) is 62.1 cm³/mol. The van der Waals surface area contributed by atoms with Crippen LogP contribution in [-0.4, -0.2) is 50.3 Å². The van der Waals surface area contributed by atoms with Gasteiger partial charge in [0.15, 0.2) is 0 Å². The molecule has 0 aromatic rings. The summed E-state index contributed by atoms with van der Waals surface area (Å²) in [6.45, 7) is 8.84. The minimum atomic E-state index is 0.724. The topological polar surface area (TPSA) is 24.5 Å². The largest absolute Gasteiger partial charge is 0.379 e. The smallest absolute Gasteiger partial charge is 0.0594 e. The van der Waals surface area contributed by atoms with Crippen molar-refractivity contribution in [1.29, 1.82) is 0 Å². The van der Waals surface area contributed by atoms with Gasteiger partial charge in [-0.15, -0.1) is 0 Å². The van der Waals surface area contributed by atoms with E-state index < -0.39 is 0 Å². The number of hydrogen-bond acceptors (Lipinski definition) is 3. The quantitative estimate of drug-likeness (QED) is 0.758. The van der Waals surface area contributed by atoms with Gasteiger partial charge in [-0.05, 0) is 25.3 Å². The molecule has 2 heterocycles. The molecule has 0 bridgehead atoms. The molecule has 15 heavy (non-hydrogen) atoms. The van der Waals surface area contributed by atoms with Crippen LogP contribution < -0.4 is 5.32 Å². The zero-order valence-corrected chi connectivity index (χ0v) is 9.87. The first-order valence-electron chi connectivity index (χ1n) is 6.42. The monoisotopic (exact) mass is 212 g/mol. The zero-order chi connectivity index (χ0) is 10.5. The van der Waals surface area contributed by atoms with Gasteiger partial charge < -0.3 is 10.1 Å². The van der Waals surface area contributed by atoms with Gasteiger partial charge >= 0.3 is 0 Å². The van der Waals surface area contributed by atoms with E-state index in [1.165, 1.54) is 32.4 Å². The first kappa shape index (κ1) is 11.4. The van der Waals surface area contributed by atoms with Crippen molar-refractivity contribution in [3.05, 3.63) is 0 Å². The minimum absolute atomic E-state index is 0.724. The molecular formula is C12H24N2O. The number of rotatable bonds is 3. The fourth-order valence-corrected chi connectivity index (χ4v) is 2.70. The first-order valence-corrected chi connectivity index (χ1v) is 6.42. The Balaban J connectivity index is 1.72. The molecule has 2 aliphatic heterocycles. The van der Waals surface area contributed by atoms with Crippen LogP contribution in [0.3, 0.4) is 0 Å². The Hall–Kier alpha value is -0.120. The second kappa shape index (κ2) is 5.83. The molecule has 3 nitrogen and oxygen atoms in total. The van der Waals surface area contributed by atoms with Crippen molar-refractivity contribution < 1.29 is 4.74 Å². The van der Waals surface area contributed by atoms with E-state index >= 15 is 0 Å². The maximum absolute atomic E-state index is 5.37. The highest BCUT2D eigenvalue weighted by Crippen LogP contribution is 2.19. The summed E-state index contributed by atoms with van der Waals surface area (Å²) in [6.07, 6.45) is 4.09. The maximum atomic E-state index is 5.37. The molecule has 0 saturated carbocycles. The molecule has 0 aromatic carbocycles. The molecule has 0 aromatic heterocycles. The molecule has 0 amide bonds. The van der Waals surface area contributed by atoms with Crippen LogP contribution in [0, 0.1) is 5.92 Å². The highest BCUT2D eigenvalue weighted by molar-refractivity contribution is 4.81. The molecule has 2 saturated heterocycles. The van der Waals surface area contributed by atoms with Gasteiger partial charge in [-0.25, -0.2) is 0 Å². The average molecular weight is 212 g/mol. The lowest BCUT2D eigenvalue weighted by Gasteiger charge is -2.35. The lowest BCUT2D eigenvalue weighted by Crippen LogP contribution is -2.48. The fourth-order valence-electron chi connectivity index (χ4n) is 2.70. The first-order chi connectivity index (χ1) is 7.38. The van der Waals surface area contributed by atoms with Crippen molar-refractivity contribution in [2.45, 2.75) is 32.2 Å². The van der Waals surface area contributed by atoms with E-state index in [0.29, 0.717) is 0 Å². The molecule has 2 rings (SSSR count). The molecule has 0 radical (unpaired) electrons. The SMILES string of the molecule is CCC1CCNC(CN2CCOCC2)C1. The van der Waals surface area contributed by atoms with Gasteiger partial charge in [0.1, 0.15) is 0 Å². The molecule has 1 N–H and O–H groups in total. The van der Waals surface area contributed by atoms with E-state index in [2.05, 4.69) is 17.1 Å². The summed E-state index contributed by atoms with van der Waals surface area (Å²) < 4.78 is 5.37. The van der Waals surface area contributed by atoms with Crippen molar-refractivity contribution in [3.63, 3.8) is 0 Å². The molecule has 2 unspecified atom stereocenters. The van der Waals surface area contributed by atoms with Crippen molar-refractivity contribution in [1.82, 2.24) is 10.2 Å². The standard InChI is InChI=1S/C12H24N2O/c1-2-11-3-4-13-12(9-11)10-14-5-7-15-8-6-14/h11-13H,2-10H2,1H3. The van der Waals surface area contributed by atoms with Gasteiger partial charge in [0, 0.05) is 25.7 Å². The Labute approximate surface area is 93.2 Å². The number of piperidine rings is 1. The Bertz CT molecular complexity index is 180. The number of morpholine rings is 1. The summed E-state index contributed by atoms with van der Waals surface area (Å²) in [7, 11) is 0. The van der Waals surface area contributed by atoms with Gasteiger partial charge in [-0.2, -0.15) is 0 Å². The summed E-state index contributed by atoms with van der Waals surface area (Å²) in [5, 5.41) is 3.65. The maximum Gasteiger partial charge on any atom is 0.0594 e. The molecule has 2 aliphatic rings. The van der Waals surface area contributed by atoms with E-state index in [4.69, 9.17) is 4.74 Å². The summed E-state index contributed by atoms with van der Waals surface area (Å²) in [5.74, 6) is 0.956. The average Bonchev–Trinajstić information content (AvgIpc) is 2.31. The van der Waals surface area contributed by atoms with E-state index in [0.717, 1.165) is 38.3 Å². The Morgan fingerprint density at radius 2 is 2.13 bits per heavy atom. The Morgan fingerprint density at radius 1 is 1.33 bits per heavy atom. The van der Waals surface area contributed by atoms with Crippen LogP contribution in [-0.2, 0) is 4.74 Å². The molecule has 0 aliphatic carbocycles. The van der Waals surface area contributed by atoms with Crippen LogP contribution in [0.15, 0.2) is 0 Å². The van der Waals surface area contributed by atoms with Crippen LogP contribution in [0.5, 0.6) is 0 Å². The van der Waals surface area contributed by atoms with E-state index in [-0.39, 0.29) is 0 Å². The van der Waals surface area contributed by atoms with E-state index in [9.17, 15) is 0 Å². The molecule has 2 atom stereocenters. The van der Waals surface area contributed by atoms with Crippen molar-refractivity contribution in [2.24, 2.45) is 5.92 Å². The highest BCUT2D eigenvalue weighted by Gasteiger charge is 2.22. The molecule has 88 valence electrons. The lowest BCUT2D eigenvalue weighted by molar-refractivity contribution is 0.0306. The fraction of sp³-hybridized carbons (Fsp3) is 1.00. The number of nitrogens with zero attached hydrogens (tertiary/aromatic N) is 1. The third-order valence-corrected chi connectivity index (χ3v) is 3.76. The molecule has 2 fully saturated rings. The number of nitrogens with one attached hydrogen (secondary N) is 1. The number of hydrogen-bond donors (Lipinski definition) is 1. The molecule has 0 spiro atoms. The highest BCUT2D eigenvalue weighted by atomic mass is 16.5. The van der Waals surface area contributed by atoms with Gasteiger partial charge in [0.25, 0.3) is 0 Å². The van der Waals surface area contributed by atoms with Gasteiger partial charge in [-0.3, -0.25) is 4.90 Å². The van der Waals surface area contributed by atoms with E-state index in [1.807, 2.05) is 0 Å². The third kappa shape index (κ3) is 3.44. The van der Waals surface area contributed by atoms with Crippen LogP contribution in [0.1, 0.15) is 26.2 Å². The minimum Gasteiger partial charge on any atom is -0.379 e. The van der Waals surface area contributed by atoms with Crippen molar-refractivity contribution in [3.8, 4) is 0 Å². The predicted octanol–water partition coefficient (Wildman–Crippen LogP) is 1.10. The van der Waals surface area contributed by atoms with Gasteiger partial charge in [0.2, 0.25) is 0 Å². The normalized spacial score (nSPS) is 34.2. The second-order valence-electron chi connectivity index (χ2n) is 4.86.